The molecule has 0 saturated carbocycles. The van der Waals surface area contributed by atoms with Crippen molar-refractivity contribution in [3.8, 4) is 0 Å². The van der Waals surface area contributed by atoms with Crippen molar-refractivity contribution in [3.63, 3.8) is 0 Å². The number of carboxylic acids is 1. The largest absolute Gasteiger partial charge is 0.481 e. The molecule has 0 spiro atoms. The fourth-order valence-electron chi connectivity index (χ4n) is 2.34. The first-order valence-electron chi connectivity index (χ1n) is 6.40. The van der Waals surface area contributed by atoms with Crippen molar-refractivity contribution >= 4 is 16.9 Å². The summed E-state index contributed by atoms with van der Waals surface area (Å²) < 4.78 is 0. The lowest BCUT2D eigenvalue weighted by Gasteiger charge is -2.13. The van der Waals surface area contributed by atoms with E-state index in [0.717, 1.165) is 22.2 Å². The molecule has 0 fully saturated rings. The molecule has 1 heterocycles. The molecule has 1 atom stereocenters. The number of aromatic nitrogens is 1. The third-order valence-electron chi connectivity index (χ3n) is 3.26. The highest BCUT2D eigenvalue weighted by molar-refractivity contribution is 5.83. The molecule has 0 bridgehead atoms. The number of carbonyl (C=O) groups is 1. The van der Waals surface area contributed by atoms with Crippen LogP contribution < -0.4 is 5.73 Å². The molecule has 1 unspecified atom stereocenters. The van der Waals surface area contributed by atoms with E-state index in [4.69, 9.17) is 5.73 Å². The van der Waals surface area contributed by atoms with Gasteiger partial charge in [0.15, 0.2) is 0 Å². The highest BCUT2D eigenvalue weighted by Gasteiger charge is 2.18. The van der Waals surface area contributed by atoms with Crippen molar-refractivity contribution in [1.82, 2.24) is 4.98 Å². The number of hydrogen-bond donors (Lipinski definition) is 2. The number of fused-ring (bicyclic) bond motifs is 1. The molecule has 4 nitrogen and oxygen atoms in total. The maximum atomic E-state index is 11.2. The van der Waals surface area contributed by atoms with Crippen LogP contribution in [0, 0.1) is 12.8 Å². The lowest BCUT2D eigenvalue weighted by Crippen LogP contribution is -2.20. The SMILES string of the molecule is Cc1cc(CC(CCN)C(=O)O)c2ccccc2n1. The first-order chi connectivity index (χ1) is 9.11. The first-order valence-corrected chi connectivity index (χ1v) is 6.40. The van der Waals surface area contributed by atoms with Gasteiger partial charge in [0.2, 0.25) is 0 Å². The van der Waals surface area contributed by atoms with Gasteiger partial charge in [-0.2, -0.15) is 0 Å². The molecule has 4 heteroatoms. The van der Waals surface area contributed by atoms with Crippen molar-refractivity contribution in [2.75, 3.05) is 6.54 Å². The van der Waals surface area contributed by atoms with E-state index in [0.29, 0.717) is 19.4 Å². The van der Waals surface area contributed by atoms with Gasteiger partial charge in [0.25, 0.3) is 0 Å². The summed E-state index contributed by atoms with van der Waals surface area (Å²) in [7, 11) is 0. The molecule has 0 saturated heterocycles. The third kappa shape index (κ3) is 3.09. The van der Waals surface area contributed by atoms with Crippen LogP contribution in [0.3, 0.4) is 0 Å². The van der Waals surface area contributed by atoms with Crippen LogP contribution in [0.2, 0.25) is 0 Å². The molecule has 0 aliphatic rings. The van der Waals surface area contributed by atoms with Gasteiger partial charge < -0.3 is 10.8 Å². The standard InChI is InChI=1S/C15H18N2O2/c1-10-8-12(9-11(6-7-16)15(18)19)13-4-2-3-5-14(13)17-10/h2-5,8,11H,6-7,9,16H2,1H3,(H,18,19). The highest BCUT2D eigenvalue weighted by atomic mass is 16.4. The first kappa shape index (κ1) is 13.5. The van der Waals surface area contributed by atoms with Crippen LogP contribution in [0.25, 0.3) is 10.9 Å². The van der Waals surface area contributed by atoms with Gasteiger partial charge in [0.1, 0.15) is 0 Å². The summed E-state index contributed by atoms with van der Waals surface area (Å²) >= 11 is 0. The van der Waals surface area contributed by atoms with E-state index in [1.807, 2.05) is 37.3 Å². The number of benzene rings is 1. The number of aliphatic carboxylic acids is 1. The van der Waals surface area contributed by atoms with E-state index in [2.05, 4.69) is 4.98 Å². The van der Waals surface area contributed by atoms with E-state index in [-0.39, 0.29) is 0 Å². The number of nitrogens with zero attached hydrogens (tertiary/aromatic N) is 1. The number of nitrogens with two attached hydrogens (primary N) is 1. The highest BCUT2D eigenvalue weighted by Crippen LogP contribution is 2.22. The maximum absolute atomic E-state index is 11.2. The van der Waals surface area contributed by atoms with Crippen LogP contribution in [0.5, 0.6) is 0 Å². The van der Waals surface area contributed by atoms with Gasteiger partial charge in [-0.1, -0.05) is 18.2 Å². The molecular weight excluding hydrogens is 240 g/mol. The van der Waals surface area contributed by atoms with Crippen LogP contribution in [-0.4, -0.2) is 22.6 Å². The second-order valence-electron chi connectivity index (χ2n) is 4.76. The van der Waals surface area contributed by atoms with Gasteiger partial charge in [0, 0.05) is 11.1 Å². The average molecular weight is 258 g/mol. The molecule has 3 N–H and O–H groups in total. The fourth-order valence-corrected chi connectivity index (χ4v) is 2.34. The fraction of sp³-hybridized carbons (Fsp3) is 0.333. The Bertz CT molecular complexity index is 596. The van der Waals surface area contributed by atoms with Gasteiger partial charge in [-0.3, -0.25) is 9.78 Å². The molecule has 0 aliphatic heterocycles. The monoisotopic (exact) mass is 258 g/mol. The van der Waals surface area contributed by atoms with Crippen LogP contribution >= 0.6 is 0 Å². The summed E-state index contributed by atoms with van der Waals surface area (Å²) in [5.74, 6) is -1.22. The molecule has 1 aromatic carbocycles. The lowest BCUT2D eigenvalue weighted by molar-refractivity contribution is -0.141. The molecule has 0 radical (unpaired) electrons. The van der Waals surface area contributed by atoms with Crippen molar-refractivity contribution in [2.24, 2.45) is 11.7 Å². The average Bonchev–Trinajstić information content (AvgIpc) is 2.37. The number of hydrogen-bond acceptors (Lipinski definition) is 3. The zero-order valence-electron chi connectivity index (χ0n) is 11.0. The Morgan fingerprint density at radius 3 is 2.84 bits per heavy atom. The zero-order valence-corrected chi connectivity index (χ0v) is 11.0. The smallest absolute Gasteiger partial charge is 0.306 e. The number of para-hydroxylation sites is 1. The van der Waals surface area contributed by atoms with Crippen LogP contribution in [0.15, 0.2) is 30.3 Å². The summed E-state index contributed by atoms with van der Waals surface area (Å²) in [6.07, 6.45) is 0.988. The number of pyridine rings is 1. The minimum Gasteiger partial charge on any atom is -0.481 e. The molecular formula is C15H18N2O2. The maximum Gasteiger partial charge on any atom is 0.306 e. The lowest BCUT2D eigenvalue weighted by atomic mass is 9.94. The number of carboxylic acid groups (broad SMARTS) is 1. The Labute approximate surface area is 112 Å². The van der Waals surface area contributed by atoms with Crippen molar-refractivity contribution in [3.05, 3.63) is 41.6 Å². The molecule has 0 aliphatic carbocycles. The van der Waals surface area contributed by atoms with Crippen LogP contribution in [0.4, 0.5) is 0 Å². The predicted octanol–water partition coefficient (Wildman–Crippen LogP) is 2.14. The Balaban J connectivity index is 2.41. The summed E-state index contributed by atoms with van der Waals surface area (Å²) in [6.45, 7) is 2.31. The van der Waals surface area contributed by atoms with Gasteiger partial charge in [-0.05, 0) is 44.0 Å². The second-order valence-corrected chi connectivity index (χ2v) is 4.76. The van der Waals surface area contributed by atoms with Crippen LogP contribution in [0.1, 0.15) is 17.7 Å². The Morgan fingerprint density at radius 2 is 2.16 bits per heavy atom. The van der Waals surface area contributed by atoms with Gasteiger partial charge >= 0.3 is 5.97 Å². The summed E-state index contributed by atoms with van der Waals surface area (Å²) in [6, 6.07) is 9.78. The molecule has 100 valence electrons. The minimum absolute atomic E-state index is 0.388. The molecule has 2 aromatic rings. The molecule has 1 aromatic heterocycles. The molecule has 0 amide bonds. The topological polar surface area (TPSA) is 76.2 Å². The quantitative estimate of drug-likeness (QED) is 0.861. The molecule has 19 heavy (non-hydrogen) atoms. The van der Waals surface area contributed by atoms with E-state index in [1.54, 1.807) is 0 Å². The van der Waals surface area contributed by atoms with Gasteiger partial charge in [-0.25, -0.2) is 0 Å². The Hall–Kier alpha value is -1.94. The van der Waals surface area contributed by atoms with Crippen molar-refractivity contribution in [2.45, 2.75) is 19.8 Å². The Kier molecular flexibility index (Phi) is 4.12. The van der Waals surface area contributed by atoms with Gasteiger partial charge in [0.05, 0.1) is 11.4 Å². The summed E-state index contributed by atoms with van der Waals surface area (Å²) in [5, 5.41) is 10.3. The third-order valence-corrected chi connectivity index (χ3v) is 3.26. The number of aryl methyl sites for hydroxylation is 1. The second kappa shape index (κ2) is 5.80. The zero-order chi connectivity index (χ0) is 13.8. The van der Waals surface area contributed by atoms with Gasteiger partial charge in [-0.15, -0.1) is 0 Å². The summed E-state index contributed by atoms with van der Waals surface area (Å²) in [4.78, 5) is 15.7. The van der Waals surface area contributed by atoms with Crippen molar-refractivity contribution in [1.29, 1.82) is 0 Å². The van der Waals surface area contributed by atoms with E-state index in [1.165, 1.54) is 0 Å². The predicted molar refractivity (Wildman–Crippen MR) is 75.0 cm³/mol. The van der Waals surface area contributed by atoms with E-state index < -0.39 is 11.9 Å². The minimum atomic E-state index is -0.788. The van der Waals surface area contributed by atoms with Crippen LogP contribution in [-0.2, 0) is 11.2 Å². The Morgan fingerprint density at radius 1 is 1.42 bits per heavy atom. The van der Waals surface area contributed by atoms with E-state index in [9.17, 15) is 9.90 Å². The molecule has 2 rings (SSSR count). The van der Waals surface area contributed by atoms with E-state index >= 15 is 0 Å². The normalized spacial score (nSPS) is 12.5. The number of rotatable bonds is 5. The summed E-state index contributed by atoms with van der Waals surface area (Å²) in [5.41, 5.74) is 8.34. The van der Waals surface area contributed by atoms with Crippen molar-refractivity contribution < 1.29 is 9.90 Å².